The van der Waals surface area contributed by atoms with Crippen LogP contribution >= 0.6 is 0 Å². The lowest BCUT2D eigenvalue weighted by Gasteiger charge is -2.13. The number of aromatic nitrogens is 2. The van der Waals surface area contributed by atoms with E-state index in [4.69, 9.17) is 23.5 Å². The topological polar surface area (TPSA) is 92.9 Å². The molecule has 0 saturated heterocycles. The fourth-order valence-electron chi connectivity index (χ4n) is 2.42. The maximum absolute atomic E-state index is 13.0. The summed E-state index contributed by atoms with van der Waals surface area (Å²) in [6.45, 7) is -0.246. The van der Waals surface area contributed by atoms with Gasteiger partial charge in [0.15, 0.2) is 18.1 Å². The zero-order valence-corrected chi connectivity index (χ0v) is 15.4. The molecular formula is C19H17FN2O6. The molecule has 8 nitrogen and oxygen atoms in total. The predicted octanol–water partition coefficient (Wildman–Crippen LogP) is 3.26. The fraction of sp³-hybridized carbons (Fsp3) is 0.211. The molecule has 3 aromatic rings. The largest absolute Gasteiger partial charge is 0.496 e. The van der Waals surface area contributed by atoms with E-state index in [9.17, 15) is 9.18 Å². The molecule has 3 rings (SSSR count). The van der Waals surface area contributed by atoms with Crippen molar-refractivity contribution in [2.75, 3.05) is 21.3 Å². The van der Waals surface area contributed by atoms with Gasteiger partial charge in [0, 0.05) is 17.7 Å². The van der Waals surface area contributed by atoms with Crippen molar-refractivity contribution < 1.29 is 32.7 Å². The van der Waals surface area contributed by atoms with Crippen molar-refractivity contribution in [3.8, 4) is 28.6 Å². The van der Waals surface area contributed by atoms with E-state index in [1.165, 1.54) is 57.7 Å². The Morgan fingerprint density at radius 1 is 1.00 bits per heavy atom. The van der Waals surface area contributed by atoms with Crippen LogP contribution in [0.4, 0.5) is 4.39 Å². The smallest absolute Gasteiger partial charge is 0.342 e. The second-order valence-corrected chi connectivity index (χ2v) is 5.50. The number of ether oxygens (including phenoxy) is 4. The van der Waals surface area contributed by atoms with E-state index >= 15 is 0 Å². The minimum atomic E-state index is -0.667. The van der Waals surface area contributed by atoms with Crippen LogP contribution in [-0.4, -0.2) is 37.4 Å². The van der Waals surface area contributed by atoms with Crippen LogP contribution < -0.4 is 14.2 Å². The Kier molecular flexibility index (Phi) is 5.73. The number of carbonyl (C=O) groups is 1. The Hall–Kier alpha value is -3.62. The van der Waals surface area contributed by atoms with E-state index in [2.05, 4.69) is 10.1 Å². The van der Waals surface area contributed by atoms with E-state index < -0.39 is 5.97 Å². The van der Waals surface area contributed by atoms with E-state index in [1.807, 2.05) is 0 Å². The van der Waals surface area contributed by atoms with Crippen molar-refractivity contribution in [1.82, 2.24) is 10.1 Å². The minimum Gasteiger partial charge on any atom is -0.496 e. The molecular weight excluding hydrogens is 371 g/mol. The molecule has 28 heavy (non-hydrogen) atoms. The normalized spacial score (nSPS) is 10.4. The number of benzene rings is 2. The van der Waals surface area contributed by atoms with Gasteiger partial charge in [-0.05, 0) is 24.3 Å². The Balaban J connectivity index is 1.73. The molecule has 1 heterocycles. The molecule has 1 aromatic heterocycles. The highest BCUT2D eigenvalue weighted by molar-refractivity contribution is 5.93. The van der Waals surface area contributed by atoms with Gasteiger partial charge in [-0.3, -0.25) is 0 Å². The number of nitrogens with zero attached hydrogens (tertiary/aromatic N) is 2. The molecule has 2 aromatic carbocycles. The van der Waals surface area contributed by atoms with Crippen LogP contribution in [0, 0.1) is 5.82 Å². The van der Waals surface area contributed by atoms with Crippen molar-refractivity contribution in [1.29, 1.82) is 0 Å². The van der Waals surface area contributed by atoms with Crippen molar-refractivity contribution in [3.63, 3.8) is 0 Å². The van der Waals surface area contributed by atoms with E-state index in [0.717, 1.165) is 0 Å². The summed E-state index contributed by atoms with van der Waals surface area (Å²) in [5, 5.41) is 3.79. The first-order chi connectivity index (χ1) is 13.5. The van der Waals surface area contributed by atoms with E-state index in [0.29, 0.717) is 17.1 Å². The van der Waals surface area contributed by atoms with Crippen LogP contribution in [0.1, 0.15) is 16.2 Å². The molecule has 0 N–H and O–H groups in total. The Labute approximate surface area is 159 Å². The van der Waals surface area contributed by atoms with Gasteiger partial charge in [-0.2, -0.15) is 4.98 Å². The van der Waals surface area contributed by atoms with Gasteiger partial charge in [0.2, 0.25) is 5.82 Å². The third-order valence-corrected chi connectivity index (χ3v) is 3.82. The molecule has 0 saturated carbocycles. The number of hydrogen-bond donors (Lipinski definition) is 0. The van der Waals surface area contributed by atoms with Gasteiger partial charge >= 0.3 is 5.97 Å². The molecule has 0 amide bonds. The first kappa shape index (κ1) is 19.2. The third kappa shape index (κ3) is 4.03. The summed E-state index contributed by atoms with van der Waals surface area (Å²) in [7, 11) is 4.35. The quantitative estimate of drug-likeness (QED) is 0.570. The zero-order chi connectivity index (χ0) is 20.1. The van der Waals surface area contributed by atoms with Crippen LogP contribution in [0.5, 0.6) is 17.2 Å². The average molecular weight is 388 g/mol. The number of esters is 1. The first-order valence-corrected chi connectivity index (χ1v) is 8.11. The van der Waals surface area contributed by atoms with Crippen LogP contribution in [0.3, 0.4) is 0 Å². The van der Waals surface area contributed by atoms with Gasteiger partial charge in [0.25, 0.3) is 5.89 Å². The van der Waals surface area contributed by atoms with Crippen molar-refractivity contribution in [2.45, 2.75) is 6.61 Å². The van der Waals surface area contributed by atoms with Gasteiger partial charge in [0.1, 0.15) is 17.1 Å². The highest BCUT2D eigenvalue weighted by atomic mass is 19.1. The average Bonchev–Trinajstić information content (AvgIpc) is 3.20. The van der Waals surface area contributed by atoms with E-state index in [1.54, 1.807) is 0 Å². The van der Waals surface area contributed by atoms with Crippen LogP contribution in [0.2, 0.25) is 0 Å². The molecule has 0 atom stereocenters. The summed E-state index contributed by atoms with van der Waals surface area (Å²) in [5.74, 6) is 0.343. The molecule has 146 valence electrons. The minimum absolute atomic E-state index is 0.0899. The third-order valence-electron chi connectivity index (χ3n) is 3.82. The summed E-state index contributed by atoms with van der Waals surface area (Å²) < 4.78 is 38.9. The molecule has 0 bridgehead atoms. The maximum Gasteiger partial charge on any atom is 0.342 e. The lowest BCUT2D eigenvalue weighted by Crippen LogP contribution is -2.08. The molecule has 0 fully saturated rings. The summed E-state index contributed by atoms with van der Waals surface area (Å²) in [6, 6.07) is 8.59. The molecule has 0 radical (unpaired) electrons. The number of rotatable bonds is 7. The highest BCUT2D eigenvalue weighted by Gasteiger charge is 2.20. The highest BCUT2D eigenvalue weighted by Crippen LogP contribution is 2.35. The fourth-order valence-corrected chi connectivity index (χ4v) is 2.42. The van der Waals surface area contributed by atoms with Crippen molar-refractivity contribution in [2.24, 2.45) is 0 Å². The molecule has 0 spiro atoms. The monoisotopic (exact) mass is 388 g/mol. The van der Waals surface area contributed by atoms with Gasteiger partial charge in [-0.25, -0.2) is 9.18 Å². The van der Waals surface area contributed by atoms with Crippen molar-refractivity contribution >= 4 is 5.97 Å². The molecule has 0 aliphatic heterocycles. The zero-order valence-electron chi connectivity index (χ0n) is 15.4. The summed E-state index contributed by atoms with van der Waals surface area (Å²) >= 11 is 0. The second-order valence-electron chi connectivity index (χ2n) is 5.50. The molecule has 0 unspecified atom stereocenters. The summed E-state index contributed by atoms with van der Waals surface area (Å²) in [4.78, 5) is 16.6. The molecule has 0 aliphatic carbocycles. The van der Waals surface area contributed by atoms with Gasteiger partial charge in [0.05, 0.1) is 21.3 Å². The summed E-state index contributed by atoms with van der Waals surface area (Å²) in [5.41, 5.74) is 0.725. The second kappa shape index (κ2) is 8.38. The van der Waals surface area contributed by atoms with Gasteiger partial charge in [-0.1, -0.05) is 5.16 Å². The number of halogens is 1. The lowest BCUT2D eigenvalue weighted by molar-refractivity contribution is 0.0425. The Bertz CT molecular complexity index is 971. The Morgan fingerprint density at radius 2 is 1.64 bits per heavy atom. The number of methoxy groups -OCH3 is 3. The van der Waals surface area contributed by atoms with Crippen LogP contribution in [0.25, 0.3) is 11.4 Å². The van der Waals surface area contributed by atoms with Crippen LogP contribution in [-0.2, 0) is 11.3 Å². The Morgan fingerprint density at radius 3 is 2.29 bits per heavy atom. The number of carbonyl (C=O) groups excluding carboxylic acids is 1. The SMILES string of the molecule is COc1cc(OC)c(C(=O)OCc2nc(-c3ccc(F)cc3)no2)cc1OC. The lowest BCUT2D eigenvalue weighted by atomic mass is 10.1. The predicted molar refractivity (Wildman–Crippen MR) is 94.9 cm³/mol. The van der Waals surface area contributed by atoms with E-state index in [-0.39, 0.29) is 35.5 Å². The standard InChI is InChI=1S/C19H17FN2O6/c1-24-14-9-16(26-3)15(25-2)8-13(14)19(23)27-10-17-21-18(22-28-17)11-4-6-12(20)7-5-11/h4-9H,10H2,1-3H3. The molecule has 9 heteroatoms. The molecule has 0 aliphatic rings. The number of hydrogen-bond acceptors (Lipinski definition) is 8. The first-order valence-electron chi connectivity index (χ1n) is 8.11. The van der Waals surface area contributed by atoms with Gasteiger partial charge < -0.3 is 23.5 Å². The van der Waals surface area contributed by atoms with Crippen molar-refractivity contribution in [3.05, 3.63) is 53.7 Å². The summed E-state index contributed by atoms with van der Waals surface area (Å²) in [6.07, 6.45) is 0. The van der Waals surface area contributed by atoms with Gasteiger partial charge in [-0.15, -0.1) is 0 Å². The maximum atomic E-state index is 13.0. The van der Waals surface area contributed by atoms with Crippen LogP contribution in [0.15, 0.2) is 40.9 Å².